The Kier molecular flexibility index (Phi) is 5.28. The molecule has 3 aromatic heterocycles. The van der Waals surface area contributed by atoms with Crippen LogP contribution in [0, 0.1) is 0 Å². The fraction of sp³-hybridized carbons (Fsp3) is 0.120. The molecule has 0 bridgehead atoms. The number of H-pyrrole nitrogens is 1. The predicted molar refractivity (Wildman–Crippen MR) is 125 cm³/mol. The molecule has 0 aliphatic heterocycles. The molecule has 6 heteroatoms. The van der Waals surface area contributed by atoms with Crippen LogP contribution in [0.3, 0.4) is 0 Å². The van der Waals surface area contributed by atoms with Crippen LogP contribution in [0.25, 0.3) is 32.8 Å². The molecule has 0 spiro atoms. The van der Waals surface area contributed by atoms with Crippen LogP contribution in [0.2, 0.25) is 5.15 Å². The minimum absolute atomic E-state index is 0.127. The van der Waals surface area contributed by atoms with E-state index in [1.165, 1.54) is 10.9 Å². The summed E-state index contributed by atoms with van der Waals surface area (Å²) in [5.41, 5.74) is 10.7. The van der Waals surface area contributed by atoms with E-state index in [1.807, 2.05) is 48.8 Å². The van der Waals surface area contributed by atoms with Crippen LogP contribution in [-0.2, 0) is 6.42 Å². The monoisotopic (exact) mass is 428 g/mol. The average Bonchev–Trinajstić information content (AvgIpc) is 3.20. The summed E-state index contributed by atoms with van der Waals surface area (Å²) in [7, 11) is 0. The van der Waals surface area contributed by atoms with Gasteiger partial charge in [-0.2, -0.15) is 0 Å². The second-order valence-electron chi connectivity index (χ2n) is 7.61. The lowest BCUT2D eigenvalue weighted by atomic mass is 10.0. The number of rotatable bonds is 6. The number of pyridine rings is 2. The van der Waals surface area contributed by atoms with Gasteiger partial charge in [0.25, 0.3) is 0 Å². The molecule has 3 heterocycles. The molecule has 0 aliphatic rings. The van der Waals surface area contributed by atoms with E-state index in [-0.39, 0.29) is 6.04 Å². The maximum absolute atomic E-state index is 6.35. The van der Waals surface area contributed by atoms with Crippen LogP contribution in [-0.4, -0.2) is 27.6 Å². The number of fused-ring (bicyclic) bond motifs is 2. The molecule has 5 aromatic rings. The molecular formula is C25H21ClN4O. The molecule has 1 atom stereocenters. The van der Waals surface area contributed by atoms with Gasteiger partial charge in [0.05, 0.1) is 6.20 Å². The van der Waals surface area contributed by atoms with Crippen molar-refractivity contribution in [1.29, 1.82) is 0 Å². The summed E-state index contributed by atoms with van der Waals surface area (Å²) in [5, 5.41) is 3.75. The second kappa shape index (κ2) is 8.38. The molecule has 3 N–H and O–H groups in total. The fourth-order valence-corrected chi connectivity index (χ4v) is 3.96. The van der Waals surface area contributed by atoms with Crippen molar-refractivity contribution in [3.05, 3.63) is 90.1 Å². The molecule has 0 saturated heterocycles. The molecule has 0 radical (unpaired) electrons. The van der Waals surface area contributed by atoms with Gasteiger partial charge in [-0.05, 0) is 47.2 Å². The van der Waals surface area contributed by atoms with Crippen LogP contribution in [0.15, 0.2) is 79.4 Å². The lowest BCUT2D eigenvalue weighted by Gasteiger charge is -2.13. The van der Waals surface area contributed by atoms with Gasteiger partial charge in [-0.1, -0.05) is 41.9 Å². The summed E-state index contributed by atoms with van der Waals surface area (Å²) in [6.07, 6.45) is 8.06. The van der Waals surface area contributed by atoms with E-state index in [9.17, 15) is 0 Å². The third-order valence-corrected chi connectivity index (χ3v) is 5.56. The quantitative estimate of drug-likeness (QED) is 0.356. The van der Waals surface area contributed by atoms with Crippen LogP contribution in [0.1, 0.15) is 5.56 Å². The van der Waals surface area contributed by atoms with Gasteiger partial charge in [0.2, 0.25) is 0 Å². The van der Waals surface area contributed by atoms with E-state index in [1.54, 1.807) is 12.4 Å². The van der Waals surface area contributed by atoms with E-state index in [4.69, 9.17) is 22.1 Å². The molecule has 31 heavy (non-hydrogen) atoms. The number of hydrogen-bond donors (Lipinski definition) is 2. The highest BCUT2D eigenvalue weighted by Gasteiger charge is 2.10. The highest BCUT2D eigenvalue weighted by Crippen LogP contribution is 2.27. The molecule has 154 valence electrons. The van der Waals surface area contributed by atoms with Gasteiger partial charge in [0.1, 0.15) is 17.5 Å². The molecular weight excluding hydrogens is 408 g/mol. The summed E-state index contributed by atoms with van der Waals surface area (Å²) >= 11 is 6.04. The van der Waals surface area contributed by atoms with Crippen molar-refractivity contribution in [3.8, 4) is 16.9 Å². The van der Waals surface area contributed by atoms with E-state index in [0.29, 0.717) is 17.5 Å². The van der Waals surface area contributed by atoms with Crippen molar-refractivity contribution in [1.82, 2.24) is 15.0 Å². The first-order valence-electron chi connectivity index (χ1n) is 10.1. The number of aromatic amines is 1. The van der Waals surface area contributed by atoms with Crippen molar-refractivity contribution in [2.75, 3.05) is 6.61 Å². The second-order valence-corrected chi connectivity index (χ2v) is 8.00. The summed E-state index contributed by atoms with van der Waals surface area (Å²) in [6.45, 7) is 0.406. The zero-order valence-electron chi connectivity index (χ0n) is 16.8. The molecule has 0 saturated carbocycles. The number of hydrogen-bond acceptors (Lipinski definition) is 4. The third kappa shape index (κ3) is 4.24. The van der Waals surface area contributed by atoms with Gasteiger partial charge in [0, 0.05) is 46.5 Å². The Labute approximate surface area is 184 Å². The number of nitrogens with zero attached hydrogens (tertiary/aromatic N) is 2. The van der Waals surface area contributed by atoms with E-state index < -0.39 is 0 Å². The van der Waals surface area contributed by atoms with Crippen LogP contribution < -0.4 is 10.5 Å². The van der Waals surface area contributed by atoms with Gasteiger partial charge in [-0.15, -0.1) is 0 Å². The molecule has 2 aromatic carbocycles. The standard InChI is InChI=1S/C25H21ClN4O/c26-25-10-18-7-16(5-6-17(18)12-30-25)19-9-22(14-28-11-19)31-15-21(27)8-20-13-29-24-4-2-1-3-23(20)24/h1-7,9-14,21,29H,8,15,27H2/t21-/m0/s1. The van der Waals surface area contributed by atoms with Crippen LogP contribution >= 0.6 is 11.6 Å². The number of aromatic nitrogens is 3. The molecule has 0 aliphatic carbocycles. The third-order valence-electron chi connectivity index (χ3n) is 5.36. The number of halogens is 1. The zero-order chi connectivity index (χ0) is 21.2. The zero-order valence-corrected chi connectivity index (χ0v) is 17.5. The highest BCUT2D eigenvalue weighted by molar-refractivity contribution is 6.30. The molecule has 0 unspecified atom stereocenters. The lowest BCUT2D eigenvalue weighted by molar-refractivity contribution is 0.287. The van der Waals surface area contributed by atoms with Gasteiger partial charge < -0.3 is 15.5 Å². The predicted octanol–water partition coefficient (Wildman–Crippen LogP) is 5.38. The average molecular weight is 429 g/mol. The first-order valence-corrected chi connectivity index (χ1v) is 10.5. The molecule has 5 rings (SSSR count). The van der Waals surface area contributed by atoms with Gasteiger partial charge in [-0.25, -0.2) is 4.98 Å². The summed E-state index contributed by atoms with van der Waals surface area (Å²) in [4.78, 5) is 11.8. The normalized spacial score (nSPS) is 12.3. The van der Waals surface area contributed by atoms with E-state index in [0.717, 1.165) is 33.8 Å². The largest absolute Gasteiger partial charge is 0.490 e. The van der Waals surface area contributed by atoms with Crippen LogP contribution in [0.5, 0.6) is 5.75 Å². The van der Waals surface area contributed by atoms with E-state index >= 15 is 0 Å². The number of nitrogens with two attached hydrogens (primary N) is 1. The minimum Gasteiger partial charge on any atom is -0.490 e. The molecule has 0 amide bonds. The highest BCUT2D eigenvalue weighted by atomic mass is 35.5. The van der Waals surface area contributed by atoms with Crippen molar-refractivity contribution in [2.24, 2.45) is 5.73 Å². The summed E-state index contributed by atoms with van der Waals surface area (Å²) in [6, 6.07) is 18.1. The Morgan fingerprint density at radius 1 is 0.968 bits per heavy atom. The topological polar surface area (TPSA) is 76.8 Å². The maximum atomic E-state index is 6.35. The van der Waals surface area contributed by atoms with Crippen molar-refractivity contribution in [3.63, 3.8) is 0 Å². The van der Waals surface area contributed by atoms with Gasteiger partial charge in [0.15, 0.2) is 0 Å². The first-order chi connectivity index (χ1) is 15.2. The Morgan fingerprint density at radius 2 is 1.87 bits per heavy atom. The number of ether oxygens (including phenoxy) is 1. The van der Waals surface area contributed by atoms with Crippen molar-refractivity contribution < 1.29 is 4.74 Å². The van der Waals surface area contributed by atoms with E-state index in [2.05, 4.69) is 33.2 Å². The Balaban J connectivity index is 1.29. The first kappa shape index (κ1) is 19.5. The smallest absolute Gasteiger partial charge is 0.138 e. The minimum atomic E-state index is -0.127. The molecule has 0 fully saturated rings. The Bertz CT molecular complexity index is 1360. The lowest BCUT2D eigenvalue weighted by Crippen LogP contribution is -2.30. The SMILES string of the molecule is N[C@H](COc1cncc(-c2ccc3cnc(Cl)cc3c2)c1)Cc1c[nH]c2ccccc12. The fourth-order valence-electron chi connectivity index (χ4n) is 3.79. The Hall–Kier alpha value is -3.41. The Morgan fingerprint density at radius 3 is 2.81 bits per heavy atom. The number of para-hydroxylation sites is 1. The van der Waals surface area contributed by atoms with Gasteiger partial charge in [-0.3, -0.25) is 4.98 Å². The summed E-state index contributed by atoms with van der Waals surface area (Å²) < 4.78 is 5.97. The van der Waals surface area contributed by atoms with Crippen molar-refractivity contribution >= 4 is 33.3 Å². The molecule has 5 nitrogen and oxygen atoms in total. The van der Waals surface area contributed by atoms with Crippen molar-refractivity contribution in [2.45, 2.75) is 12.5 Å². The maximum Gasteiger partial charge on any atom is 0.138 e. The number of benzene rings is 2. The van der Waals surface area contributed by atoms with Gasteiger partial charge >= 0.3 is 0 Å². The summed E-state index contributed by atoms with van der Waals surface area (Å²) in [5.74, 6) is 0.694. The number of nitrogens with one attached hydrogen (secondary N) is 1. The van der Waals surface area contributed by atoms with Crippen LogP contribution in [0.4, 0.5) is 0 Å².